The van der Waals surface area contributed by atoms with Crippen molar-refractivity contribution in [1.29, 1.82) is 0 Å². The van der Waals surface area contributed by atoms with E-state index in [9.17, 15) is 22.1 Å². The highest BCUT2D eigenvalue weighted by molar-refractivity contribution is 4.76. The molecule has 0 aromatic rings. The van der Waals surface area contributed by atoms with E-state index in [-0.39, 0.29) is 6.61 Å². The molecule has 1 atom stereocenters. The van der Waals surface area contributed by atoms with E-state index in [0.717, 1.165) is 6.08 Å². The van der Waals surface area contributed by atoms with Gasteiger partial charge in [-0.2, -0.15) is 17.6 Å². The molecule has 0 aromatic heterocycles. The molecule has 0 heterocycles. The van der Waals surface area contributed by atoms with Gasteiger partial charge >= 0.3 is 12.0 Å². The van der Waals surface area contributed by atoms with Gasteiger partial charge in [-0.05, 0) is 4.53 Å². The Bertz CT molecular complexity index is 169. The minimum absolute atomic E-state index is 0.328. The third-order valence-electron chi connectivity index (χ3n) is 1.07. The minimum atomic E-state index is -5.47. The lowest BCUT2D eigenvalue weighted by atomic mass is 10.3. The van der Waals surface area contributed by atoms with Crippen molar-refractivity contribution in [2.24, 2.45) is 0 Å². The molecule has 13 heavy (non-hydrogen) atoms. The van der Waals surface area contributed by atoms with Gasteiger partial charge in [0.05, 0.1) is 6.61 Å². The van der Waals surface area contributed by atoms with E-state index in [0.29, 0.717) is 0 Å². The van der Waals surface area contributed by atoms with Gasteiger partial charge in [-0.15, -0.1) is 11.5 Å². The summed E-state index contributed by atoms with van der Waals surface area (Å²) in [5.41, 5.74) is 0. The van der Waals surface area contributed by atoms with Gasteiger partial charge in [-0.3, -0.25) is 0 Å². The van der Waals surface area contributed by atoms with Crippen molar-refractivity contribution in [2.75, 3.05) is 13.2 Å². The number of hydrogen-bond donors (Lipinski definition) is 0. The second kappa shape index (κ2) is 4.52. The van der Waals surface area contributed by atoms with Gasteiger partial charge in [0.1, 0.15) is 6.61 Å². The fourth-order valence-electron chi connectivity index (χ4n) is 0.421. The van der Waals surface area contributed by atoms with Crippen molar-refractivity contribution in [3.63, 3.8) is 0 Å². The number of hydrogen-bond acceptors (Lipinski definition) is 2. The Morgan fingerprint density at radius 3 is 2.08 bits per heavy atom. The Hall–Kier alpha value is -0.690. The first-order valence-electron chi connectivity index (χ1n) is 3.11. The van der Waals surface area contributed by atoms with Gasteiger partial charge in [0.25, 0.3) is 0 Å². The topological polar surface area (TPSA) is 18.5 Å². The Labute approximate surface area is 70.8 Å². The summed E-state index contributed by atoms with van der Waals surface area (Å²) in [5.74, 6) is -4.41. The molecule has 0 saturated carbocycles. The second-order valence-electron chi connectivity index (χ2n) is 2.11. The van der Waals surface area contributed by atoms with E-state index in [4.69, 9.17) is 0 Å². The van der Waals surface area contributed by atoms with Crippen molar-refractivity contribution in [3.05, 3.63) is 12.7 Å². The second-order valence-corrected chi connectivity index (χ2v) is 2.11. The predicted octanol–water partition coefficient (Wildman–Crippen LogP) is 2.32. The SMILES string of the molecule is C=CCOCC(F)(OF)C(F)(F)F. The van der Waals surface area contributed by atoms with Crippen LogP contribution in [0.4, 0.5) is 22.1 Å². The molecule has 0 amide bonds. The smallest absolute Gasteiger partial charge is 0.371 e. The zero-order valence-electron chi connectivity index (χ0n) is 6.40. The van der Waals surface area contributed by atoms with E-state index in [1.807, 2.05) is 0 Å². The molecule has 0 aliphatic rings. The average Bonchev–Trinajstić information content (AvgIpc) is 2.02. The largest absolute Gasteiger partial charge is 0.454 e. The van der Waals surface area contributed by atoms with Crippen LogP contribution in [-0.2, 0) is 9.68 Å². The normalized spacial score (nSPS) is 16.7. The van der Waals surface area contributed by atoms with Gasteiger partial charge in [0.2, 0.25) is 0 Å². The standard InChI is InChI=1S/C6H7F5O2/c1-2-3-12-4-5(7,13-11)6(8,9)10/h2H,1,3-4H2. The van der Waals surface area contributed by atoms with Crippen molar-refractivity contribution in [2.45, 2.75) is 12.0 Å². The maximum atomic E-state index is 12.5. The maximum absolute atomic E-state index is 12.5. The third kappa shape index (κ3) is 3.27. The fourth-order valence-corrected chi connectivity index (χ4v) is 0.421. The molecule has 7 heteroatoms. The third-order valence-corrected chi connectivity index (χ3v) is 1.07. The van der Waals surface area contributed by atoms with Crippen LogP contribution in [0.2, 0.25) is 0 Å². The molecule has 78 valence electrons. The molecule has 0 saturated heterocycles. The van der Waals surface area contributed by atoms with Crippen LogP contribution < -0.4 is 0 Å². The number of halogens is 5. The lowest BCUT2D eigenvalue weighted by Gasteiger charge is -2.22. The zero-order chi connectivity index (χ0) is 10.5. The first kappa shape index (κ1) is 12.3. The molecule has 0 aliphatic carbocycles. The highest BCUT2D eigenvalue weighted by atomic mass is 19.4. The lowest BCUT2D eigenvalue weighted by molar-refractivity contribution is -0.410. The summed E-state index contributed by atoms with van der Waals surface area (Å²) in [7, 11) is 0. The summed E-state index contributed by atoms with van der Waals surface area (Å²) in [6, 6.07) is 0. The van der Waals surface area contributed by atoms with Crippen molar-refractivity contribution >= 4 is 0 Å². The monoisotopic (exact) mass is 206 g/mol. The molecule has 0 bridgehead atoms. The van der Waals surface area contributed by atoms with Crippen LogP contribution in [0.5, 0.6) is 0 Å². The number of ether oxygens (including phenoxy) is 1. The molecule has 0 N–H and O–H groups in total. The lowest BCUT2D eigenvalue weighted by Crippen LogP contribution is -2.45. The Balaban J connectivity index is 4.20. The van der Waals surface area contributed by atoms with Crippen molar-refractivity contribution in [3.8, 4) is 0 Å². The first-order chi connectivity index (χ1) is 5.87. The summed E-state index contributed by atoms with van der Waals surface area (Å²) < 4.78 is 62.9. The summed E-state index contributed by atoms with van der Waals surface area (Å²) >= 11 is 0. The first-order valence-corrected chi connectivity index (χ1v) is 3.11. The van der Waals surface area contributed by atoms with E-state index in [2.05, 4.69) is 16.3 Å². The molecule has 0 fully saturated rings. The van der Waals surface area contributed by atoms with Crippen LogP contribution in [0, 0.1) is 0 Å². The van der Waals surface area contributed by atoms with Crippen LogP contribution in [0.15, 0.2) is 12.7 Å². The molecule has 1 unspecified atom stereocenters. The van der Waals surface area contributed by atoms with Gasteiger partial charge in [-0.1, -0.05) is 6.08 Å². The molecular weight excluding hydrogens is 199 g/mol. The highest BCUT2D eigenvalue weighted by Crippen LogP contribution is 2.35. The van der Waals surface area contributed by atoms with Gasteiger partial charge in [0, 0.05) is 0 Å². The fraction of sp³-hybridized carbons (Fsp3) is 0.667. The predicted molar refractivity (Wildman–Crippen MR) is 33.1 cm³/mol. The highest BCUT2D eigenvalue weighted by Gasteiger charge is 2.59. The summed E-state index contributed by atoms with van der Waals surface area (Å²) in [6.45, 7) is 1.21. The molecule has 0 spiro atoms. The molecule has 0 radical (unpaired) electrons. The molecule has 0 aromatic carbocycles. The van der Waals surface area contributed by atoms with Gasteiger partial charge in [-0.25, -0.2) is 0 Å². The van der Waals surface area contributed by atoms with Crippen LogP contribution in [0.3, 0.4) is 0 Å². The Morgan fingerprint density at radius 2 is 1.77 bits per heavy atom. The average molecular weight is 206 g/mol. The van der Waals surface area contributed by atoms with Crippen LogP contribution in [-0.4, -0.2) is 25.2 Å². The zero-order valence-corrected chi connectivity index (χ0v) is 6.40. The number of alkyl halides is 4. The number of rotatable bonds is 5. The van der Waals surface area contributed by atoms with Crippen molar-refractivity contribution < 1.29 is 31.8 Å². The Kier molecular flexibility index (Phi) is 4.28. The summed E-state index contributed by atoms with van der Waals surface area (Å²) in [6.07, 6.45) is -4.38. The molecule has 0 aliphatic heterocycles. The van der Waals surface area contributed by atoms with Gasteiger partial charge in [0.15, 0.2) is 0 Å². The maximum Gasteiger partial charge on any atom is 0.454 e. The minimum Gasteiger partial charge on any atom is -0.371 e. The molecular formula is C6H7F5O2. The molecule has 0 rings (SSSR count). The van der Waals surface area contributed by atoms with Crippen LogP contribution >= 0.6 is 0 Å². The van der Waals surface area contributed by atoms with Crippen LogP contribution in [0.25, 0.3) is 0 Å². The van der Waals surface area contributed by atoms with Gasteiger partial charge < -0.3 is 4.74 Å². The van der Waals surface area contributed by atoms with Crippen molar-refractivity contribution in [1.82, 2.24) is 0 Å². The van der Waals surface area contributed by atoms with E-state index < -0.39 is 18.6 Å². The summed E-state index contributed by atoms with van der Waals surface area (Å²) in [5, 5.41) is 0. The van der Waals surface area contributed by atoms with E-state index in [1.165, 1.54) is 0 Å². The molecule has 2 nitrogen and oxygen atoms in total. The quantitative estimate of drug-likeness (QED) is 0.390. The Morgan fingerprint density at radius 1 is 1.23 bits per heavy atom. The summed E-state index contributed by atoms with van der Waals surface area (Å²) in [4.78, 5) is 2.20. The van der Waals surface area contributed by atoms with E-state index >= 15 is 0 Å². The van der Waals surface area contributed by atoms with Crippen LogP contribution in [0.1, 0.15) is 0 Å². The van der Waals surface area contributed by atoms with E-state index in [1.54, 1.807) is 0 Å².